The van der Waals surface area contributed by atoms with E-state index in [1.807, 2.05) is 5.38 Å². The van der Waals surface area contributed by atoms with Gasteiger partial charge in [-0.1, -0.05) is 12.2 Å². The Balaban J connectivity index is 2.00. The van der Waals surface area contributed by atoms with Gasteiger partial charge >= 0.3 is 0 Å². The standard InChI is InChI=1S/C11H12N4O2S3/c12-11(18)9-2-1-8(7-14-9)20(16,17)15-4-3-10-13-5-6-19-10/h1-2,5-7,15H,3-4H2,(H2,12,18). The minimum absolute atomic E-state index is 0.0802. The fourth-order valence-electron chi connectivity index (χ4n) is 1.44. The minimum Gasteiger partial charge on any atom is -0.388 e. The van der Waals surface area contributed by atoms with E-state index in [1.54, 1.807) is 6.20 Å². The van der Waals surface area contributed by atoms with Crippen molar-refractivity contribution in [2.24, 2.45) is 5.73 Å². The van der Waals surface area contributed by atoms with Crippen molar-refractivity contribution in [3.63, 3.8) is 0 Å². The van der Waals surface area contributed by atoms with E-state index < -0.39 is 10.0 Å². The lowest BCUT2D eigenvalue weighted by atomic mass is 10.3. The van der Waals surface area contributed by atoms with Crippen molar-refractivity contribution in [3.05, 3.63) is 40.6 Å². The van der Waals surface area contributed by atoms with Crippen molar-refractivity contribution in [2.75, 3.05) is 6.54 Å². The topological polar surface area (TPSA) is 98.0 Å². The van der Waals surface area contributed by atoms with Gasteiger partial charge in [0.2, 0.25) is 10.0 Å². The van der Waals surface area contributed by atoms with Gasteiger partial charge < -0.3 is 5.73 Å². The summed E-state index contributed by atoms with van der Waals surface area (Å²) in [5.41, 5.74) is 5.80. The maximum absolute atomic E-state index is 12.0. The Bertz CT molecular complexity index is 681. The highest BCUT2D eigenvalue weighted by molar-refractivity contribution is 7.89. The summed E-state index contributed by atoms with van der Waals surface area (Å²) in [6.07, 6.45) is 3.47. The van der Waals surface area contributed by atoms with Gasteiger partial charge in [-0.05, 0) is 12.1 Å². The second-order valence-corrected chi connectivity index (χ2v) is 7.00. The van der Waals surface area contributed by atoms with Gasteiger partial charge in [0.05, 0.1) is 10.7 Å². The smallest absolute Gasteiger partial charge is 0.242 e. The summed E-state index contributed by atoms with van der Waals surface area (Å²) in [6, 6.07) is 2.91. The average molecular weight is 328 g/mol. The van der Waals surface area contributed by atoms with Crippen LogP contribution in [0.25, 0.3) is 0 Å². The van der Waals surface area contributed by atoms with E-state index in [1.165, 1.54) is 29.7 Å². The highest BCUT2D eigenvalue weighted by Crippen LogP contribution is 2.09. The number of rotatable bonds is 6. The zero-order valence-corrected chi connectivity index (χ0v) is 12.8. The Labute approximate surface area is 126 Å². The predicted octanol–water partition coefficient (Wildman–Crippen LogP) is 0.693. The van der Waals surface area contributed by atoms with Crippen molar-refractivity contribution in [1.29, 1.82) is 0 Å². The van der Waals surface area contributed by atoms with E-state index >= 15 is 0 Å². The Hall–Kier alpha value is -1.42. The Morgan fingerprint density at radius 2 is 2.20 bits per heavy atom. The molecule has 0 amide bonds. The first-order chi connectivity index (χ1) is 9.49. The normalized spacial score (nSPS) is 11.4. The number of thiazole rings is 1. The van der Waals surface area contributed by atoms with Crippen LogP contribution in [0.5, 0.6) is 0 Å². The summed E-state index contributed by atoms with van der Waals surface area (Å²) in [7, 11) is -3.58. The van der Waals surface area contributed by atoms with Crippen LogP contribution in [0.2, 0.25) is 0 Å². The number of thiocarbonyl (C=S) groups is 1. The first-order valence-corrected chi connectivity index (χ1v) is 8.40. The Morgan fingerprint density at radius 1 is 1.40 bits per heavy atom. The number of nitrogens with zero attached hydrogens (tertiary/aromatic N) is 2. The highest BCUT2D eigenvalue weighted by atomic mass is 32.2. The molecule has 6 nitrogen and oxygen atoms in total. The van der Waals surface area contributed by atoms with Crippen molar-refractivity contribution in [2.45, 2.75) is 11.3 Å². The summed E-state index contributed by atoms with van der Waals surface area (Å²) in [4.78, 5) is 8.20. The van der Waals surface area contributed by atoms with Crippen LogP contribution >= 0.6 is 23.6 Å². The summed E-state index contributed by atoms with van der Waals surface area (Å²) in [5, 5.41) is 2.73. The molecule has 0 fully saturated rings. The first kappa shape index (κ1) is 15.0. The monoisotopic (exact) mass is 328 g/mol. The van der Waals surface area contributed by atoms with Crippen LogP contribution in [0.4, 0.5) is 0 Å². The van der Waals surface area contributed by atoms with Crippen LogP contribution in [0.3, 0.4) is 0 Å². The molecule has 2 rings (SSSR count). The molecular formula is C11H12N4O2S3. The highest BCUT2D eigenvalue weighted by Gasteiger charge is 2.14. The maximum atomic E-state index is 12.0. The van der Waals surface area contributed by atoms with Crippen LogP contribution in [-0.4, -0.2) is 29.9 Å². The molecule has 0 radical (unpaired) electrons. The summed E-state index contributed by atoms with van der Waals surface area (Å²) in [6.45, 7) is 0.285. The van der Waals surface area contributed by atoms with Crippen LogP contribution < -0.4 is 10.5 Å². The summed E-state index contributed by atoms with van der Waals surface area (Å²) < 4.78 is 26.5. The lowest BCUT2D eigenvalue weighted by molar-refractivity contribution is 0.581. The average Bonchev–Trinajstić information content (AvgIpc) is 2.92. The van der Waals surface area contributed by atoms with E-state index in [0.29, 0.717) is 12.1 Å². The van der Waals surface area contributed by atoms with E-state index in [0.717, 1.165) is 5.01 Å². The van der Waals surface area contributed by atoms with E-state index in [2.05, 4.69) is 14.7 Å². The van der Waals surface area contributed by atoms with Crippen LogP contribution in [0.1, 0.15) is 10.7 Å². The minimum atomic E-state index is -3.58. The van der Waals surface area contributed by atoms with Gasteiger partial charge in [0.25, 0.3) is 0 Å². The van der Waals surface area contributed by atoms with Crippen molar-refractivity contribution in [3.8, 4) is 0 Å². The largest absolute Gasteiger partial charge is 0.388 e. The van der Waals surface area contributed by atoms with E-state index in [9.17, 15) is 8.42 Å². The van der Waals surface area contributed by atoms with Crippen LogP contribution in [0, 0.1) is 0 Å². The van der Waals surface area contributed by atoms with Crippen molar-refractivity contribution < 1.29 is 8.42 Å². The van der Waals surface area contributed by atoms with Crippen molar-refractivity contribution in [1.82, 2.24) is 14.7 Å². The molecule has 106 valence electrons. The molecule has 2 aromatic heterocycles. The molecule has 9 heteroatoms. The third-order valence-electron chi connectivity index (χ3n) is 2.41. The molecule has 0 aliphatic rings. The third-order valence-corrected chi connectivity index (χ3v) is 4.91. The number of nitrogens with two attached hydrogens (primary N) is 1. The second kappa shape index (κ2) is 6.35. The van der Waals surface area contributed by atoms with Crippen LogP contribution in [-0.2, 0) is 16.4 Å². The number of pyridine rings is 1. The quantitative estimate of drug-likeness (QED) is 0.757. The molecule has 0 aromatic carbocycles. The molecule has 0 saturated carbocycles. The zero-order chi connectivity index (χ0) is 14.6. The van der Waals surface area contributed by atoms with Gasteiger partial charge in [0.1, 0.15) is 9.88 Å². The molecule has 0 bridgehead atoms. The number of sulfonamides is 1. The fourth-order valence-corrected chi connectivity index (χ4v) is 3.15. The van der Waals surface area contributed by atoms with Gasteiger partial charge in [-0.3, -0.25) is 4.98 Å². The molecule has 0 atom stereocenters. The molecule has 2 aromatic rings. The summed E-state index contributed by atoms with van der Waals surface area (Å²) in [5.74, 6) is 0. The van der Waals surface area contributed by atoms with Gasteiger partial charge in [-0.25, -0.2) is 18.1 Å². The lowest BCUT2D eigenvalue weighted by Gasteiger charge is -2.06. The number of nitrogens with one attached hydrogen (secondary N) is 1. The molecule has 0 saturated heterocycles. The summed E-state index contributed by atoms with van der Waals surface area (Å²) >= 11 is 6.25. The zero-order valence-electron chi connectivity index (χ0n) is 10.3. The van der Waals surface area contributed by atoms with E-state index in [4.69, 9.17) is 18.0 Å². The fraction of sp³-hybridized carbons (Fsp3) is 0.182. The van der Waals surface area contributed by atoms with Gasteiger partial charge in [-0.15, -0.1) is 11.3 Å². The van der Waals surface area contributed by atoms with Crippen molar-refractivity contribution >= 4 is 38.6 Å². The SMILES string of the molecule is NC(=S)c1ccc(S(=O)(=O)NCCc2nccs2)cn1. The lowest BCUT2D eigenvalue weighted by Crippen LogP contribution is -2.26. The first-order valence-electron chi connectivity index (χ1n) is 5.63. The molecule has 2 heterocycles. The molecule has 20 heavy (non-hydrogen) atoms. The third kappa shape index (κ3) is 3.79. The molecule has 0 unspecified atom stereocenters. The van der Waals surface area contributed by atoms with Gasteiger partial charge in [0.15, 0.2) is 0 Å². The maximum Gasteiger partial charge on any atom is 0.242 e. The second-order valence-electron chi connectivity index (χ2n) is 3.82. The molecule has 0 aliphatic carbocycles. The van der Waals surface area contributed by atoms with E-state index in [-0.39, 0.29) is 16.4 Å². The molecule has 0 aliphatic heterocycles. The molecule has 3 N–H and O–H groups in total. The molecule has 0 spiro atoms. The Kier molecular flexibility index (Phi) is 4.76. The number of aromatic nitrogens is 2. The number of hydrogen-bond donors (Lipinski definition) is 2. The predicted molar refractivity (Wildman–Crippen MR) is 81.1 cm³/mol. The number of hydrogen-bond acceptors (Lipinski definition) is 6. The Morgan fingerprint density at radius 3 is 2.75 bits per heavy atom. The van der Waals surface area contributed by atoms with Gasteiger partial charge in [0, 0.05) is 30.7 Å². The molecular weight excluding hydrogens is 316 g/mol. The van der Waals surface area contributed by atoms with Gasteiger partial charge in [-0.2, -0.15) is 0 Å². The van der Waals surface area contributed by atoms with Crippen LogP contribution in [0.15, 0.2) is 34.8 Å².